The highest BCUT2D eigenvalue weighted by molar-refractivity contribution is 5.96. The van der Waals surface area contributed by atoms with Crippen LogP contribution in [-0.4, -0.2) is 68.3 Å². The second-order valence-corrected chi connectivity index (χ2v) is 9.97. The van der Waals surface area contributed by atoms with E-state index >= 15 is 0 Å². The second-order valence-electron chi connectivity index (χ2n) is 9.97. The van der Waals surface area contributed by atoms with Crippen molar-refractivity contribution in [3.63, 3.8) is 0 Å². The first-order valence-electron chi connectivity index (χ1n) is 12.5. The molecule has 2 aromatic carbocycles. The number of hydrogen-bond acceptors (Lipinski definition) is 4. The number of nitrogens with zero attached hydrogens (tertiary/aromatic N) is 4. The standard InChI is InChI=1S/C27H29N5O3/c33-26(34)23-4-2-1-3-22(23)18-7-5-17(6-8-18)21-15-32(16-21)27(35)31-13-11-20(12-14-31)25-28-24(29-30-25)19-9-10-19/h1-8,19-21H,9-16H2,(H,33,34)(H,28,29,30). The van der Waals surface area contributed by atoms with Gasteiger partial charge in [-0.3, -0.25) is 5.10 Å². The van der Waals surface area contributed by atoms with Gasteiger partial charge in [0.1, 0.15) is 5.82 Å². The van der Waals surface area contributed by atoms with Gasteiger partial charge in [-0.15, -0.1) is 0 Å². The zero-order valence-corrected chi connectivity index (χ0v) is 19.6. The Kier molecular flexibility index (Phi) is 5.51. The molecule has 180 valence electrons. The van der Waals surface area contributed by atoms with E-state index in [1.807, 2.05) is 34.1 Å². The lowest BCUT2D eigenvalue weighted by Gasteiger charge is -2.43. The Morgan fingerprint density at radius 2 is 1.57 bits per heavy atom. The number of hydrogen-bond donors (Lipinski definition) is 2. The summed E-state index contributed by atoms with van der Waals surface area (Å²) in [5.74, 6) is 2.24. The summed E-state index contributed by atoms with van der Waals surface area (Å²) in [5.41, 5.74) is 3.09. The predicted octanol–water partition coefficient (Wildman–Crippen LogP) is 4.45. The molecule has 0 bridgehead atoms. The molecule has 8 heteroatoms. The third-order valence-electron chi connectivity index (χ3n) is 7.62. The van der Waals surface area contributed by atoms with Gasteiger partial charge in [0.15, 0.2) is 5.82 Å². The van der Waals surface area contributed by atoms with Crippen molar-refractivity contribution in [1.82, 2.24) is 25.0 Å². The van der Waals surface area contributed by atoms with Crippen molar-refractivity contribution >= 4 is 12.0 Å². The molecule has 0 radical (unpaired) electrons. The molecular weight excluding hydrogens is 442 g/mol. The number of likely N-dealkylation sites (tertiary alicyclic amines) is 2. The molecule has 0 unspecified atom stereocenters. The van der Waals surface area contributed by atoms with E-state index in [0.717, 1.165) is 61.8 Å². The van der Waals surface area contributed by atoms with Crippen LogP contribution in [0.2, 0.25) is 0 Å². The molecule has 2 saturated heterocycles. The number of urea groups is 1. The van der Waals surface area contributed by atoms with Crippen molar-refractivity contribution < 1.29 is 14.7 Å². The fraction of sp³-hybridized carbons (Fsp3) is 0.407. The Morgan fingerprint density at radius 3 is 2.26 bits per heavy atom. The highest BCUT2D eigenvalue weighted by Gasteiger charge is 2.36. The van der Waals surface area contributed by atoms with Crippen LogP contribution < -0.4 is 0 Å². The smallest absolute Gasteiger partial charge is 0.336 e. The van der Waals surface area contributed by atoms with Gasteiger partial charge in [0.2, 0.25) is 0 Å². The lowest BCUT2D eigenvalue weighted by molar-refractivity contribution is 0.0697. The number of amides is 2. The number of aromatic carboxylic acids is 1. The van der Waals surface area contributed by atoms with Gasteiger partial charge in [-0.05, 0) is 48.4 Å². The van der Waals surface area contributed by atoms with Gasteiger partial charge >= 0.3 is 12.0 Å². The molecule has 3 aromatic rings. The Labute approximate surface area is 204 Å². The Bertz CT molecular complexity index is 1240. The minimum absolute atomic E-state index is 0.128. The summed E-state index contributed by atoms with van der Waals surface area (Å²) in [7, 11) is 0. The maximum Gasteiger partial charge on any atom is 0.336 e. The third-order valence-corrected chi connectivity index (χ3v) is 7.62. The van der Waals surface area contributed by atoms with Crippen LogP contribution in [0.4, 0.5) is 4.79 Å². The molecule has 35 heavy (non-hydrogen) atoms. The normalized spacial score (nSPS) is 19.0. The third kappa shape index (κ3) is 4.29. The van der Waals surface area contributed by atoms with Gasteiger partial charge in [-0.2, -0.15) is 5.10 Å². The van der Waals surface area contributed by atoms with E-state index in [1.54, 1.807) is 12.1 Å². The van der Waals surface area contributed by atoms with Crippen LogP contribution in [0.25, 0.3) is 11.1 Å². The number of piperidine rings is 1. The van der Waals surface area contributed by atoms with Crippen LogP contribution in [-0.2, 0) is 0 Å². The summed E-state index contributed by atoms with van der Waals surface area (Å²) in [4.78, 5) is 33.1. The molecule has 8 nitrogen and oxygen atoms in total. The number of aromatic nitrogens is 3. The highest BCUT2D eigenvalue weighted by Crippen LogP contribution is 2.39. The summed E-state index contributed by atoms with van der Waals surface area (Å²) in [6.07, 6.45) is 4.23. The summed E-state index contributed by atoms with van der Waals surface area (Å²) in [5, 5.41) is 17.0. The van der Waals surface area contributed by atoms with E-state index in [-0.39, 0.29) is 6.03 Å². The first-order chi connectivity index (χ1) is 17.1. The SMILES string of the molecule is O=C(O)c1ccccc1-c1ccc(C2CN(C(=O)N3CCC(c4nc(C5CC5)n[nH]4)CC3)C2)cc1. The molecular formula is C27H29N5O3. The summed E-state index contributed by atoms with van der Waals surface area (Å²) >= 11 is 0. The molecule has 1 aliphatic carbocycles. The number of carbonyl (C=O) groups excluding carboxylic acids is 1. The fourth-order valence-corrected chi connectivity index (χ4v) is 5.24. The van der Waals surface area contributed by atoms with Crippen molar-refractivity contribution in [3.8, 4) is 11.1 Å². The first kappa shape index (κ1) is 21.8. The molecule has 2 N–H and O–H groups in total. The lowest BCUT2D eigenvalue weighted by Crippen LogP contribution is -2.55. The van der Waals surface area contributed by atoms with E-state index in [9.17, 15) is 14.7 Å². The van der Waals surface area contributed by atoms with Crippen molar-refractivity contribution in [3.05, 3.63) is 71.3 Å². The van der Waals surface area contributed by atoms with Gasteiger partial charge in [-0.1, -0.05) is 42.5 Å². The fourth-order valence-electron chi connectivity index (χ4n) is 5.24. The molecule has 3 aliphatic rings. The Hall–Kier alpha value is -3.68. The molecule has 0 atom stereocenters. The maximum absolute atomic E-state index is 13.0. The summed E-state index contributed by atoms with van der Waals surface area (Å²) in [6.45, 7) is 2.94. The molecule has 1 aromatic heterocycles. The number of aromatic amines is 1. The Morgan fingerprint density at radius 1 is 0.857 bits per heavy atom. The number of carbonyl (C=O) groups is 2. The van der Waals surface area contributed by atoms with Crippen molar-refractivity contribution in [2.45, 2.75) is 43.4 Å². The number of benzene rings is 2. The first-order valence-corrected chi connectivity index (χ1v) is 12.5. The zero-order valence-electron chi connectivity index (χ0n) is 19.6. The molecule has 6 rings (SSSR count). The molecule has 3 heterocycles. The van der Waals surface area contributed by atoms with E-state index in [2.05, 4.69) is 22.3 Å². The monoisotopic (exact) mass is 471 g/mol. The summed E-state index contributed by atoms with van der Waals surface area (Å²) in [6, 6.07) is 15.2. The van der Waals surface area contributed by atoms with Crippen LogP contribution in [0.15, 0.2) is 48.5 Å². The average Bonchev–Trinajstić information content (AvgIpc) is 3.60. The van der Waals surface area contributed by atoms with E-state index < -0.39 is 5.97 Å². The van der Waals surface area contributed by atoms with Crippen molar-refractivity contribution in [2.24, 2.45) is 0 Å². The largest absolute Gasteiger partial charge is 0.478 e. The lowest BCUT2D eigenvalue weighted by atomic mass is 9.89. The van der Waals surface area contributed by atoms with Gasteiger partial charge in [-0.25, -0.2) is 14.6 Å². The maximum atomic E-state index is 13.0. The van der Waals surface area contributed by atoms with Crippen LogP contribution in [0.1, 0.15) is 71.0 Å². The van der Waals surface area contributed by atoms with Gasteiger partial charge in [0.05, 0.1) is 5.56 Å². The van der Waals surface area contributed by atoms with Crippen LogP contribution in [0.3, 0.4) is 0 Å². The number of carboxylic acids is 1. The van der Waals surface area contributed by atoms with Gasteiger partial charge in [0, 0.05) is 43.9 Å². The Balaban J connectivity index is 1.02. The van der Waals surface area contributed by atoms with E-state index in [1.165, 1.54) is 18.4 Å². The van der Waals surface area contributed by atoms with Crippen LogP contribution >= 0.6 is 0 Å². The van der Waals surface area contributed by atoms with Crippen LogP contribution in [0, 0.1) is 0 Å². The predicted molar refractivity (Wildman–Crippen MR) is 130 cm³/mol. The zero-order chi connectivity index (χ0) is 23.9. The molecule has 2 amide bonds. The molecule has 1 saturated carbocycles. The van der Waals surface area contributed by atoms with Crippen LogP contribution in [0.5, 0.6) is 0 Å². The number of carboxylic acid groups (broad SMARTS) is 1. The highest BCUT2D eigenvalue weighted by atomic mass is 16.4. The van der Waals surface area contributed by atoms with E-state index in [4.69, 9.17) is 4.98 Å². The molecule has 2 aliphatic heterocycles. The second kappa shape index (κ2) is 8.83. The summed E-state index contributed by atoms with van der Waals surface area (Å²) < 4.78 is 0. The molecule has 0 spiro atoms. The minimum atomic E-state index is -0.925. The molecule has 3 fully saturated rings. The van der Waals surface area contributed by atoms with Gasteiger partial charge in [0.25, 0.3) is 0 Å². The quantitative estimate of drug-likeness (QED) is 0.573. The topological polar surface area (TPSA) is 102 Å². The van der Waals surface area contributed by atoms with Crippen molar-refractivity contribution in [1.29, 1.82) is 0 Å². The number of nitrogens with one attached hydrogen (secondary N) is 1. The van der Waals surface area contributed by atoms with Crippen molar-refractivity contribution in [2.75, 3.05) is 26.2 Å². The van der Waals surface area contributed by atoms with Gasteiger partial charge < -0.3 is 14.9 Å². The van der Waals surface area contributed by atoms with E-state index in [0.29, 0.717) is 23.3 Å². The number of rotatable bonds is 5. The minimum Gasteiger partial charge on any atom is -0.478 e. The number of H-pyrrole nitrogens is 1. The average molecular weight is 472 g/mol.